The lowest BCUT2D eigenvalue weighted by atomic mass is 10.3. The molecule has 148 valence electrons. The van der Waals surface area contributed by atoms with Gasteiger partial charge < -0.3 is 16.4 Å². The largest absolute Gasteiger partial charge is 0.349 e. The molecule has 0 saturated heterocycles. The molecule has 5 N–H and O–H groups in total. The zero-order valence-corrected chi connectivity index (χ0v) is 15.7. The minimum absolute atomic E-state index is 0. The molecule has 0 saturated carbocycles. The highest BCUT2D eigenvalue weighted by Crippen LogP contribution is 2.14. The van der Waals surface area contributed by atoms with Crippen molar-refractivity contribution >= 4 is 39.9 Å². The van der Waals surface area contributed by atoms with Gasteiger partial charge in [-0.25, -0.2) is 17.2 Å². The van der Waals surface area contributed by atoms with Gasteiger partial charge in [-0.15, -0.1) is 12.4 Å². The summed E-state index contributed by atoms with van der Waals surface area (Å²) in [6.07, 6.45) is 0. The lowest BCUT2D eigenvalue weighted by Gasteiger charge is -2.18. The molecular formula is C14H21ClF2N4O4S. The Morgan fingerprint density at radius 1 is 1.23 bits per heavy atom. The van der Waals surface area contributed by atoms with Crippen LogP contribution in [0.2, 0.25) is 0 Å². The number of nitrogens with one attached hydrogen (secondary N) is 3. The van der Waals surface area contributed by atoms with Gasteiger partial charge in [-0.2, -0.15) is 4.72 Å². The molecule has 1 atom stereocenters. The van der Waals surface area contributed by atoms with Crippen LogP contribution < -0.4 is 21.1 Å². The average Bonchev–Trinajstić information content (AvgIpc) is 2.52. The van der Waals surface area contributed by atoms with E-state index in [0.717, 1.165) is 0 Å². The maximum Gasteiger partial charge on any atom is 0.277 e. The zero-order valence-electron chi connectivity index (χ0n) is 14.1. The first-order valence-corrected chi connectivity index (χ1v) is 8.71. The van der Waals surface area contributed by atoms with Crippen LogP contribution in [0.1, 0.15) is 13.8 Å². The van der Waals surface area contributed by atoms with E-state index < -0.39 is 41.0 Å². The van der Waals surface area contributed by atoms with Gasteiger partial charge in [0.2, 0.25) is 21.8 Å². The molecule has 1 aromatic carbocycles. The third-order valence-electron chi connectivity index (χ3n) is 3.03. The van der Waals surface area contributed by atoms with Gasteiger partial charge in [0.05, 0.1) is 24.0 Å². The monoisotopic (exact) mass is 414 g/mol. The Hall–Kier alpha value is -1.82. The van der Waals surface area contributed by atoms with Crippen LogP contribution in [-0.2, 0) is 19.6 Å². The van der Waals surface area contributed by atoms with Crippen molar-refractivity contribution in [2.24, 2.45) is 5.73 Å². The number of anilines is 1. The summed E-state index contributed by atoms with van der Waals surface area (Å²) in [6.45, 7) is 0.605. The minimum Gasteiger partial charge on any atom is -0.349 e. The zero-order chi connectivity index (χ0) is 19.3. The first-order valence-electron chi connectivity index (χ1n) is 7.22. The van der Waals surface area contributed by atoms with Crippen LogP contribution in [0.15, 0.2) is 29.2 Å². The molecule has 0 aromatic heterocycles. The summed E-state index contributed by atoms with van der Waals surface area (Å²) >= 11 is 0. The minimum atomic E-state index is -4.04. The van der Waals surface area contributed by atoms with Crippen molar-refractivity contribution in [3.05, 3.63) is 24.3 Å². The Bertz CT molecular complexity index is 729. The van der Waals surface area contributed by atoms with Crippen molar-refractivity contribution in [1.29, 1.82) is 0 Å². The van der Waals surface area contributed by atoms with E-state index in [-0.39, 0.29) is 23.2 Å². The molecule has 0 bridgehead atoms. The molecule has 0 fully saturated rings. The number of benzene rings is 1. The maximum atomic E-state index is 13.0. The molecule has 0 aliphatic heterocycles. The van der Waals surface area contributed by atoms with Crippen molar-refractivity contribution in [1.82, 2.24) is 10.0 Å². The summed E-state index contributed by atoms with van der Waals surface area (Å²) in [7, 11) is -4.04. The number of carbonyl (C=O) groups is 2. The third kappa shape index (κ3) is 7.60. The quantitative estimate of drug-likeness (QED) is 0.490. The van der Waals surface area contributed by atoms with Gasteiger partial charge in [-0.3, -0.25) is 9.59 Å². The lowest BCUT2D eigenvalue weighted by molar-refractivity contribution is -0.124. The summed E-state index contributed by atoms with van der Waals surface area (Å²) < 4.78 is 52.5. The summed E-state index contributed by atoms with van der Waals surface area (Å²) in [4.78, 5) is 22.5. The Kier molecular flexibility index (Phi) is 9.08. The van der Waals surface area contributed by atoms with Gasteiger partial charge in [-0.1, -0.05) is 0 Å². The van der Waals surface area contributed by atoms with E-state index >= 15 is 0 Å². The molecule has 2 amide bonds. The van der Waals surface area contributed by atoms with Gasteiger partial charge in [0.1, 0.15) is 0 Å². The van der Waals surface area contributed by atoms with Gasteiger partial charge in [0, 0.05) is 12.6 Å². The van der Waals surface area contributed by atoms with Gasteiger partial charge >= 0.3 is 0 Å². The second kappa shape index (κ2) is 9.76. The van der Waals surface area contributed by atoms with Crippen molar-refractivity contribution in [2.45, 2.75) is 30.7 Å². The van der Waals surface area contributed by atoms with Crippen LogP contribution in [-0.4, -0.2) is 45.3 Å². The maximum absolute atomic E-state index is 13.0. The molecule has 8 nitrogen and oxygen atoms in total. The Morgan fingerprint density at radius 2 is 1.77 bits per heavy atom. The van der Waals surface area contributed by atoms with E-state index in [1.807, 2.05) is 5.32 Å². The Labute approximate surface area is 156 Å². The van der Waals surface area contributed by atoms with E-state index in [4.69, 9.17) is 5.73 Å². The van der Waals surface area contributed by atoms with E-state index in [1.165, 1.54) is 38.1 Å². The Morgan fingerprint density at radius 3 is 2.23 bits per heavy atom. The standard InChI is InChI=1S/C14H20F2N4O4S.ClH/c1-9(13(22)18-8-14(15,16)7-17)20-25(23,24)12-5-3-11(4-6-12)19-10(2)21;/h3-6,9,20H,7-8,17H2,1-2H3,(H,18,22)(H,19,21);1H. The number of halogens is 3. The molecule has 1 aromatic rings. The number of hydrogen-bond donors (Lipinski definition) is 4. The number of rotatable bonds is 8. The number of alkyl halides is 2. The molecule has 0 aliphatic rings. The van der Waals surface area contributed by atoms with E-state index in [2.05, 4.69) is 10.0 Å². The molecule has 0 radical (unpaired) electrons. The number of hydrogen-bond acceptors (Lipinski definition) is 5. The second-order valence-electron chi connectivity index (χ2n) is 5.33. The van der Waals surface area contributed by atoms with Crippen molar-refractivity contribution in [3.8, 4) is 0 Å². The number of carbonyl (C=O) groups excluding carboxylic acids is 2. The van der Waals surface area contributed by atoms with Crippen molar-refractivity contribution < 1.29 is 26.8 Å². The van der Waals surface area contributed by atoms with Crippen LogP contribution in [0.3, 0.4) is 0 Å². The fourth-order valence-electron chi connectivity index (χ4n) is 1.72. The number of nitrogens with two attached hydrogens (primary N) is 1. The predicted molar refractivity (Wildman–Crippen MR) is 94.8 cm³/mol. The molecule has 1 rings (SSSR count). The lowest BCUT2D eigenvalue weighted by Crippen LogP contribution is -2.49. The normalized spacial score (nSPS) is 12.7. The summed E-state index contributed by atoms with van der Waals surface area (Å²) in [5.41, 5.74) is 5.25. The van der Waals surface area contributed by atoms with Gasteiger partial charge in [-0.05, 0) is 31.2 Å². The second-order valence-corrected chi connectivity index (χ2v) is 7.04. The Balaban J connectivity index is 0.00000625. The van der Waals surface area contributed by atoms with Crippen LogP contribution in [0.25, 0.3) is 0 Å². The summed E-state index contributed by atoms with van der Waals surface area (Å²) in [5.74, 6) is -4.49. The topological polar surface area (TPSA) is 130 Å². The number of sulfonamides is 1. The molecule has 1 unspecified atom stereocenters. The first-order chi connectivity index (χ1) is 11.5. The van der Waals surface area contributed by atoms with Gasteiger partial charge in [0.15, 0.2) is 0 Å². The number of amides is 2. The van der Waals surface area contributed by atoms with E-state index in [1.54, 1.807) is 0 Å². The van der Waals surface area contributed by atoms with Crippen LogP contribution in [0.4, 0.5) is 14.5 Å². The molecule has 26 heavy (non-hydrogen) atoms. The van der Waals surface area contributed by atoms with Crippen molar-refractivity contribution in [2.75, 3.05) is 18.4 Å². The first kappa shape index (κ1) is 24.2. The van der Waals surface area contributed by atoms with Gasteiger partial charge in [0.25, 0.3) is 5.92 Å². The highest BCUT2D eigenvalue weighted by molar-refractivity contribution is 7.89. The summed E-state index contributed by atoms with van der Waals surface area (Å²) in [5, 5.41) is 4.41. The highest BCUT2D eigenvalue weighted by atomic mass is 35.5. The average molecular weight is 415 g/mol. The summed E-state index contributed by atoms with van der Waals surface area (Å²) in [6, 6.07) is 3.96. The van der Waals surface area contributed by atoms with Crippen molar-refractivity contribution in [3.63, 3.8) is 0 Å². The van der Waals surface area contributed by atoms with Crippen LogP contribution in [0, 0.1) is 0 Å². The predicted octanol–water partition coefficient (Wildman–Crippen LogP) is 0.444. The van der Waals surface area contributed by atoms with E-state index in [9.17, 15) is 26.8 Å². The highest BCUT2D eigenvalue weighted by Gasteiger charge is 2.29. The molecule has 0 spiro atoms. The molecule has 12 heteroatoms. The fourth-order valence-corrected chi connectivity index (χ4v) is 2.92. The smallest absolute Gasteiger partial charge is 0.277 e. The molecule has 0 aliphatic carbocycles. The third-order valence-corrected chi connectivity index (χ3v) is 4.59. The van der Waals surface area contributed by atoms with E-state index in [0.29, 0.717) is 5.69 Å². The van der Waals surface area contributed by atoms with Crippen LogP contribution in [0.5, 0.6) is 0 Å². The molecule has 0 heterocycles. The van der Waals surface area contributed by atoms with Crippen LogP contribution >= 0.6 is 12.4 Å². The SMILES string of the molecule is CC(=O)Nc1ccc(S(=O)(=O)NC(C)C(=O)NCC(F)(F)CN)cc1.Cl. The fraction of sp³-hybridized carbons (Fsp3) is 0.429. The molecular weight excluding hydrogens is 394 g/mol.